The lowest BCUT2D eigenvalue weighted by Crippen LogP contribution is -2.10. The largest absolute Gasteiger partial charge is 0.497 e. The molecule has 542 valence electrons. The number of aromatic nitrogens is 12. The maximum atomic E-state index is 9.65. The summed E-state index contributed by atoms with van der Waals surface area (Å²) in [5, 5.41) is 29.5. The van der Waals surface area contributed by atoms with Crippen LogP contribution in [-0.2, 0) is 5.41 Å². The number of fused-ring (bicyclic) bond motifs is 36. The fraction of sp³-hybridized carbons (Fsp3) is 0.0792. The number of rotatable bonds is 2. The topological polar surface area (TPSA) is 120 Å². The van der Waals surface area contributed by atoms with Crippen molar-refractivity contribution in [3.05, 3.63) is 308 Å². The van der Waals surface area contributed by atoms with Gasteiger partial charge in [0.05, 0.1) is 129 Å². The normalized spacial score (nSPS) is 12.7. The molecule has 0 saturated carbocycles. The summed E-state index contributed by atoms with van der Waals surface area (Å²) < 4.78 is 24.0. The van der Waals surface area contributed by atoms with E-state index in [1.54, 1.807) is 7.11 Å². The predicted molar refractivity (Wildman–Crippen MR) is 473 cm³/mol. The quantitative estimate of drug-likeness (QED) is 0.170. The molecule has 12 aromatic heterocycles. The van der Waals surface area contributed by atoms with Crippen LogP contribution >= 0.6 is 0 Å². The van der Waals surface area contributed by atoms with Gasteiger partial charge in [0.1, 0.15) is 5.75 Å². The minimum atomic E-state index is 0.0646. The molecule has 0 radical (unpaired) electrons. The van der Waals surface area contributed by atoms with Crippen LogP contribution in [0.5, 0.6) is 5.75 Å². The van der Waals surface area contributed by atoms with Gasteiger partial charge in [0, 0.05) is 49.2 Å². The number of nitriles is 1. The van der Waals surface area contributed by atoms with Gasteiger partial charge in [-0.2, -0.15) is 5.26 Å². The van der Waals surface area contributed by atoms with Gasteiger partial charge in [-0.05, 0) is 205 Å². The second-order valence-corrected chi connectivity index (χ2v) is 32.4. The van der Waals surface area contributed by atoms with Gasteiger partial charge in [-0.3, -0.25) is 35.2 Å². The third-order valence-electron chi connectivity index (χ3n) is 24.7. The summed E-state index contributed by atoms with van der Waals surface area (Å²) in [6, 6.07) is 106. The van der Waals surface area contributed by atoms with Crippen molar-refractivity contribution in [1.82, 2.24) is 55.1 Å². The summed E-state index contributed by atoms with van der Waals surface area (Å²) in [5.74, 6) is 5.15. The molecule has 0 N–H and O–H groups in total. The average molecular weight is 1480 g/mol. The molecular weight excluding hydrogens is 1410 g/mol. The molecule has 0 aliphatic heterocycles. The number of hydrogen-bond acceptors (Lipinski definition) is 6. The molecule has 115 heavy (non-hydrogen) atoms. The summed E-state index contributed by atoms with van der Waals surface area (Å²) in [4.78, 5) is 20.0. The number of hydrogen-bond donors (Lipinski definition) is 0. The van der Waals surface area contributed by atoms with Crippen LogP contribution in [0.15, 0.2) is 291 Å². The van der Waals surface area contributed by atoms with E-state index in [1.165, 1.54) is 136 Å². The molecule has 0 atom stereocenters. The number of methoxy groups -OCH3 is 1. The van der Waals surface area contributed by atoms with Crippen LogP contribution in [0.4, 0.5) is 0 Å². The molecule has 12 heterocycles. The highest BCUT2D eigenvalue weighted by Gasteiger charge is 2.29. The lowest BCUT2D eigenvalue weighted by atomic mass is 9.86. The molecule has 14 heteroatoms. The Kier molecular flexibility index (Phi) is 12.6. The van der Waals surface area contributed by atoms with Gasteiger partial charge < -0.3 is 4.74 Å². The molecule has 0 fully saturated rings. The van der Waals surface area contributed by atoms with E-state index in [0.717, 1.165) is 100 Å². The lowest BCUT2D eigenvalue weighted by Gasteiger charge is -2.19. The van der Waals surface area contributed by atoms with Crippen LogP contribution in [0.3, 0.4) is 0 Å². The van der Waals surface area contributed by atoms with Crippen molar-refractivity contribution in [2.24, 2.45) is 0 Å². The lowest BCUT2D eigenvalue weighted by molar-refractivity contribution is 0.416. The van der Waals surface area contributed by atoms with E-state index in [2.05, 4.69) is 331 Å². The second kappa shape index (κ2) is 22.8. The third kappa shape index (κ3) is 8.70. The van der Waals surface area contributed by atoms with Crippen molar-refractivity contribution in [1.29, 1.82) is 5.26 Å². The van der Waals surface area contributed by atoms with Gasteiger partial charge in [-0.15, -0.1) is 0 Å². The molecular formula is C101H67N13O. The summed E-state index contributed by atoms with van der Waals surface area (Å²) in [6.45, 7) is 11.4. The molecule has 0 aliphatic carbocycles. The van der Waals surface area contributed by atoms with E-state index >= 15 is 0 Å². The van der Waals surface area contributed by atoms with E-state index < -0.39 is 0 Å². The first kappa shape index (κ1) is 63.7. The fourth-order valence-corrected chi connectivity index (χ4v) is 19.3. The van der Waals surface area contributed by atoms with Crippen LogP contribution in [0.1, 0.15) is 57.2 Å². The standard InChI is InChI=1S/C27H21N3.C26H19N3.C24H12N4.C24H15N3O/c1-27(2,3)18-14-20-19-12-16-8-4-5-9-17(16)13-23(19)30-25(20)24(15-18)29-22-11-7-6-10-21(22)28-26(29)30;1-15(2)18-12-20-19-11-16-7-3-4-8-17(16)13-23(19)29-25(20)24(14-18)28-22-10-6-5-9-21(22)27-26(28)29;25-13-14-9-18-17-11-15-5-1-2-6-16(15)12-21(17)28-23(18)22(10-14)27-20-8-4-3-7-19(20)26-24(27)28;1-28-16-12-18-17-10-14-6-2-3-7-15(14)11-21(17)27-23(18)22(13-16)26-20-9-5-4-8-19(20)25-24(26)27/h4-15H,1-3H3;3-15H,1-2H3;1-12H;2-13H,1H3. The van der Waals surface area contributed by atoms with Gasteiger partial charge in [0.15, 0.2) is 0 Å². The number of para-hydroxylation sites is 8. The second-order valence-electron chi connectivity index (χ2n) is 32.4. The molecule has 0 bridgehead atoms. The first-order valence-electron chi connectivity index (χ1n) is 39.3. The Bertz CT molecular complexity index is 9090. The first-order valence-corrected chi connectivity index (χ1v) is 39.3. The Morgan fingerprint density at radius 1 is 0.287 bits per heavy atom. The molecule has 28 rings (SSSR count). The summed E-state index contributed by atoms with van der Waals surface area (Å²) in [5.41, 5.74) is 26.2. The zero-order chi connectivity index (χ0) is 76.3. The number of imidazole rings is 8. The summed E-state index contributed by atoms with van der Waals surface area (Å²) >= 11 is 0. The number of ether oxygens (including phenoxy) is 1. The van der Waals surface area contributed by atoms with E-state index in [-0.39, 0.29) is 5.41 Å². The Hall–Kier alpha value is -15.1. The Balaban J connectivity index is 0.0000000862. The van der Waals surface area contributed by atoms with Crippen molar-refractivity contribution in [3.8, 4) is 11.8 Å². The maximum absolute atomic E-state index is 9.65. The molecule has 0 aliphatic rings. The van der Waals surface area contributed by atoms with Gasteiger partial charge in [0.2, 0.25) is 23.1 Å². The van der Waals surface area contributed by atoms with Crippen LogP contribution < -0.4 is 4.74 Å². The van der Waals surface area contributed by atoms with E-state index in [4.69, 9.17) is 24.7 Å². The first-order chi connectivity index (χ1) is 56.4. The van der Waals surface area contributed by atoms with Crippen LogP contribution in [0, 0.1) is 11.3 Å². The molecule has 0 saturated heterocycles. The van der Waals surface area contributed by atoms with Crippen molar-refractivity contribution < 1.29 is 4.74 Å². The molecule has 0 amide bonds. The fourth-order valence-electron chi connectivity index (χ4n) is 19.3. The minimum absolute atomic E-state index is 0.0646. The summed E-state index contributed by atoms with van der Waals surface area (Å²) in [6.07, 6.45) is 0. The van der Waals surface area contributed by atoms with E-state index in [9.17, 15) is 5.26 Å². The van der Waals surface area contributed by atoms with E-state index in [1.807, 2.05) is 36.4 Å². The maximum Gasteiger partial charge on any atom is 0.220 e. The Morgan fingerprint density at radius 3 is 0.922 bits per heavy atom. The highest BCUT2D eigenvalue weighted by Crippen LogP contribution is 2.46. The number of nitrogens with zero attached hydrogens (tertiary/aromatic N) is 13. The Labute approximate surface area is 653 Å². The Morgan fingerprint density at radius 2 is 0.583 bits per heavy atom. The van der Waals surface area contributed by atoms with Crippen molar-refractivity contribution >= 4 is 220 Å². The van der Waals surface area contributed by atoms with Gasteiger partial charge in [-0.25, -0.2) is 19.9 Å². The predicted octanol–water partition coefficient (Wildman–Crippen LogP) is 24.9. The molecule has 0 spiro atoms. The third-order valence-corrected chi connectivity index (χ3v) is 24.7. The highest BCUT2D eigenvalue weighted by atomic mass is 16.5. The molecule has 16 aromatic carbocycles. The molecule has 14 nitrogen and oxygen atoms in total. The monoisotopic (exact) mass is 1480 g/mol. The molecule has 0 unspecified atom stereocenters. The van der Waals surface area contributed by atoms with Crippen LogP contribution in [0.2, 0.25) is 0 Å². The zero-order valence-electron chi connectivity index (χ0n) is 63.5. The van der Waals surface area contributed by atoms with Crippen LogP contribution in [-0.4, -0.2) is 62.3 Å². The average Bonchev–Trinajstić information content (AvgIpc) is 1.55. The van der Waals surface area contributed by atoms with Crippen molar-refractivity contribution in [3.63, 3.8) is 0 Å². The van der Waals surface area contributed by atoms with Gasteiger partial charge >= 0.3 is 0 Å². The van der Waals surface area contributed by atoms with Crippen molar-refractivity contribution in [2.75, 3.05) is 7.11 Å². The van der Waals surface area contributed by atoms with Gasteiger partial charge in [0.25, 0.3) is 0 Å². The van der Waals surface area contributed by atoms with E-state index in [0.29, 0.717) is 11.5 Å². The SMILES string of the molecule is CC(C)(C)c1cc2c3cc4ccccc4cc3n3c2c(c1)n1c2ccccc2nc13.CC(C)c1cc2c3cc4ccccc4cc3n3c2c(c1)n1c2ccccc2nc13.COc1cc2c3cc4ccccc4cc3n3c2c(c1)n1c2ccccc2nc13.N#Cc1cc2c3cc4ccccc4cc3n3c2c(c1)n1c2ccccc2nc13. The van der Waals surface area contributed by atoms with Crippen molar-refractivity contribution in [2.45, 2.75) is 46.0 Å². The molecule has 28 aromatic rings. The van der Waals surface area contributed by atoms with Gasteiger partial charge in [-0.1, -0.05) is 180 Å². The smallest absolute Gasteiger partial charge is 0.220 e. The highest BCUT2D eigenvalue weighted by molar-refractivity contribution is 6.23. The number of benzene rings is 16. The zero-order valence-corrected chi connectivity index (χ0v) is 63.5. The minimum Gasteiger partial charge on any atom is -0.497 e. The van der Waals surface area contributed by atoms with Crippen LogP contribution in [0.25, 0.3) is 220 Å². The summed E-state index contributed by atoms with van der Waals surface area (Å²) in [7, 11) is 1.73.